The van der Waals surface area contributed by atoms with Crippen LogP contribution >= 0.6 is 0 Å². The largest absolute Gasteiger partial charge is 0.433 e. The number of nitrogens with zero attached hydrogens (tertiary/aromatic N) is 1. The Kier molecular flexibility index (Phi) is 7.79. The molecule has 0 radical (unpaired) electrons. The van der Waals surface area contributed by atoms with Gasteiger partial charge < -0.3 is 16.0 Å². The molecule has 30 heavy (non-hydrogen) atoms. The number of alkyl halides is 3. The number of benzene rings is 1. The van der Waals surface area contributed by atoms with Crippen LogP contribution in [0.2, 0.25) is 0 Å². The molecule has 1 amide bonds. The van der Waals surface area contributed by atoms with Crippen molar-refractivity contribution in [2.75, 3.05) is 17.7 Å². The van der Waals surface area contributed by atoms with E-state index in [4.69, 9.17) is 0 Å². The lowest BCUT2D eigenvalue weighted by Crippen LogP contribution is -2.20. The van der Waals surface area contributed by atoms with Crippen molar-refractivity contribution in [1.82, 2.24) is 10.3 Å². The van der Waals surface area contributed by atoms with E-state index < -0.39 is 23.6 Å². The van der Waals surface area contributed by atoms with Crippen LogP contribution in [0, 0.1) is 5.82 Å². The molecule has 0 saturated heterocycles. The number of amides is 1. The third-order valence-corrected chi connectivity index (χ3v) is 4.40. The summed E-state index contributed by atoms with van der Waals surface area (Å²) in [5.74, 6) is -0.855. The molecule has 1 heterocycles. The predicted molar refractivity (Wildman–Crippen MR) is 109 cm³/mol. The zero-order chi connectivity index (χ0) is 22.3. The second kappa shape index (κ2) is 10.1. The average molecular weight is 424 g/mol. The molecule has 0 aliphatic rings. The lowest BCUT2D eigenvalue weighted by Gasteiger charge is -2.16. The molecule has 0 bridgehead atoms. The molecular formula is C21H24F4N4O. The Balaban J connectivity index is 2.11. The third kappa shape index (κ3) is 6.47. The van der Waals surface area contributed by atoms with Crippen LogP contribution in [-0.2, 0) is 17.5 Å². The molecule has 2 rings (SSSR count). The van der Waals surface area contributed by atoms with Gasteiger partial charge in [0.1, 0.15) is 17.3 Å². The number of carbonyl (C=O) groups is 1. The van der Waals surface area contributed by atoms with Gasteiger partial charge in [-0.05, 0) is 49.2 Å². The van der Waals surface area contributed by atoms with Crippen molar-refractivity contribution in [3.8, 4) is 0 Å². The summed E-state index contributed by atoms with van der Waals surface area (Å²) in [4.78, 5) is 15.8. The van der Waals surface area contributed by atoms with Crippen molar-refractivity contribution in [2.45, 2.75) is 39.0 Å². The highest BCUT2D eigenvalue weighted by molar-refractivity contribution is 5.92. The van der Waals surface area contributed by atoms with Gasteiger partial charge in [0, 0.05) is 31.3 Å². The Labute approximate surface area is 172 Å². The van der Waals surface area contributed by atoms with E-state index >= 15 is 0 Å². The highest BCUT2D eigenvalue weighted by atomic mass is 19.4. The molecule has 1 aromatic carbocycles. The molecule has 0 fully saturated rings. The van der Waals surface area contributed by atoms with Gasteiger partial charge in [-0.2, -0.15) is 13.2 Å². The smallest absolute Gasteiger partial charge is 0.386 e. The van der Waals surface area contributed by atoms with Crippen LogP contribution in [0.5, 0.6) is 0 Å². The van der Waals surface area contributed by atoms with Crippen LogP contribution in [0.3, 0.4) is 0 Å². The molecule has 1 aromatic heterocycles. The molecule has 5 nitrogen and oxygen atoms in total. The van der Waals surface area contributed by atoms with Crippen molar-refractivity contribution in [1.29, 1.82) is 0 Å². The van der Waals surface area contributed by atoms with Crippen molar-refractivity contribution < 1.29 is 22.4 Å². The number of halogens is 4. The van der Waals surface area contributed by atoms with Crippen LogP contribution in [0.15, 0.2) is 36.4 Å². The number of rotatable bonds is 8. The first-order valence-corrected chi connectivity index (χ1v) is 9.41. The van der Waals surface area contributed by atoms with Crippen LogP contribution in [0.1, 0.15) is 37.1 Å². The Bertz CT molecular complexity index is 912. The first-order chi connectivity index (χ1) is 14.1. The van der Waals surface area contributed by atoms with E-state index in [1.807, 2.05) is 13.8 Å². The monoisotopic (exact) mass is 424 g/mol. The Morgan fingerprint density at radius 1 is 1.23 bits per heavy atom. The van der Waals surface area contributed by atoms with E-state index in [0.717, 1.165) is 6.07 Å². The molecule has 0 saturated carbocycles. The third-order valence-electron chi connectivity index (χ3n) is 4.40. The van der Waals surface area contributed by atoms with Gasteiger partial charge in [-0.3, -0.25) is 4.79 Å². The van der Waals surface area contributed by atoms with Crippen molar-refractivity contribution in [3.63, 3.8) is 0 Å². The summed E-state index contributed by atoms with van der Waals surface area (Å²) in [6.45, 7) is 3.81. The lowest BCUT2D eigenvalue weighted by molar-refractivity contribution is -0.141. The van der Waals surface area contributed by atoms with E-state index in [9.17, 15) is 22.4 Å². The Morgan fingerprint density at radius 2 is 1.97 bits per heavy atom. The molecule has 0 aliphatic carbocycles. The first kappa shape index (κ1) is 23.2. The van der Waals surface area contributed by atoms with Gasteiger partial charge in [0.2, 0.25) is 5.91 Å². The molecule has 3 N–H and O–H groups in total. The lowest BCUT2D eigenvalue weighted by atomic mass is 10.1. The van der Waals surface area contributed by atoms with E-state index in [1.165, 1.54) is 24.3 Å². The maximum atomic E-state index is 13.8. The summed E-state index contributed by atoms with van der Waals surface area (Å²) < 4.78 is 52.7. The van der Waals surface area contributed by atoms with Crippen LogP contribution in [-0.4, -0.2) is 24.0 Å². The number of pyridine rings is 1. The highest BCUT2D eigenvalue weighted by Gasteiger charge is 2.33. The fourth-order valence-electron chi connectivity index (χ4n) is 2.50. The number of nitrogens with one attached hydrogen (secondary N) is 3. The maximum Gasteiger partial charge on any atom is 0.433 e. The second-order valence-corrected chi connectivity index (χ2v) is 6.70. The SMILES string of the molecule is CCC(C)Nc1nc(C(F)(F)F)ccc1/C=C/C(=O)NCc1ccc(NC)c(F)c1. The fraction of sp³-hybridized carbons (Fsp3) is 0.333. The molecular weight excluding hydrogens is 400 g/mol. The van der Waals surface area contributed by atoms with Gasteiger partial charge in [-0.25, -0.2) is 9.37 Å². The Hall–Kier alpha value is -3.10. The van der Waals surface area contributed by atoms with Gasteiger partial charge in [0.15, 0.2) is 0 Å². The zero-order valence-corrected chi connectivity index (χ0v) is 16.9. The second-order valence-electron chi connectivity index (χ2n) is 6.70. The summed E-state index contributed by atoms with van der Waals surface area (Å²) >= 11 is 0. The number of aromatic nitrogens is 1. The highest BCUT2D eigenvalue weighted by Crippen LogP contribution is 2.30. The number of carbonyl (C=O) groups excluding carboxylic acids is 1. The molecule has 1 unspecified atom stereocenters. The summed E-state index contributed by atoms with van der Waals surface area (Å²) in [6.07, 6.45) is -1.30. The normalized spacial score (nSPS) is 12.6. The van der Waals surface area contributed by atoms with Gasteiger partial charge in [0.05, 0.1) is 5.69 Å². The average Bonchev–Trinajstić information content (AvgIpc) is 2.70. The molecule has 9 heteroatoms. The van der Waals surface area contributed by atoms with Gasteiger partial charge in [0.25, 0.3) is 0 Å². The van der Waals surface area contributed by atoms with E-state index in [0.29, 0.717) is 23.2 Å². The summed E-state index contributed by atoms with van der Waals surface area (Å²) in [5.41, 5.74) is 0.259. The predicted octanol–water partition coefficient (Wildman–Crippen LogP) is 4.82. The summed E-state index contributed by atoms with van der Waals surface area (Å²) in [7, 11) is 1.60. The van der Waals surface area contributed by atoms with Crippen LogP contribution < -0.4 is 16.0 Å². The number of hydrogen-bond donors (Lipinski definition) is 3. The quantitative estimate of drug-likeness (QED) is 0.420. The molecule has 0 spiro atoms. The fourth-order valence-corrected chi connectivity index (χ4v) is 2.50. The molecule has 162 valence electrons. The van der Waals surface area contributed by atoms with E-state index in [-0.39, 0.29) is 18.4 Å². The standard InChI is InChI=1S/C21H24F4N4O/c1-4-13(2)28-20-15(6-9-18(29-20)21(23,24)25)7-10-19(30)27-12-14-5-8-17(26-3)16(22)11-14/h5-11,13,26H,4,12H2,1-3H3,(H,27,30)(H,28,29)/b10-7+. The van der Waals surface area contributed by atoms with Gasteiger partial charge in [-0.15, -0.1) is 0 Å². The van der Waals surface area contributed by atoms with Gasteiger partial charge in [-0.1, -0.05) is 13.0 Å². The topological polar surface area (TPSA) is 66.0 Å². The minimum Gasteiger partial charge on any atom is -0.386 e. The van der Waals surface area contributed by atoms with E-state index in [2.05, 4.69) is 20.9 Å². The Morgan fingerprint density at radius 3 is 2.57 bits per heavy atom. The molecule has 0 aliphatic heterocycles. The van der Waals surface area contributed by atoms with E-state index in [1.54, 1.807) is 19.2 Å². The van der Waals surface area contributed by atoms with Crippen molar-refractivity contribution in [3.05, 3.63) is 59.0 Å². The number of anilines is 2. The number of hydrogen-bond acceptors (Lipinski definition) is 4. The minimum absolute atomic E-state index is 0.0490. The first-order valence-electron chi connectivity index (χ1n) is 9.41. The van der Waals surface area contributed by atoms with Gasteiger partial charge >= 0.3 is 6.18 Å². The summed E-state index contributed by atoms with van der Waals surface area (Å²) in [5, 5.41) is 8.24. The molecule has 2 aromatic rings. The molecule has 1 atom stereocenters. The minimum atomic E-state index is -4.57. The zero-order valence-electron chi connectivity index (χ0n) is 16.9. The van der Waals surface area contributed by atoms with Crippen molar-refractivity contribution in [2.24, 2.45) is 0 Å². The van der Waals surface area contributed by atoms with Crippen LogP contribution in [0.4, 0.5) is 29.1 Å². The maximum absolute atomic E-state index is 13.8. The van der Waals surface area contributed by atoms with Crippen LogP contribution in [0.25, 0.3) is 6.08 Å². The summed E-state index contributed by atoms with van der Waals surface area (Å²) in [6, 6.07) is 6.57. The van der Waals surface area contributed by atoms with Crippen molar-refractivity contribution >= 4 is 23.5 Å².